The Morgan fingerprint density at radius 3 is 2.48 bits per heavy atom. The van der Waals surface area contributed by atoms with Gasteiger partial charge in [0.15, 0.2) is 0 Å². The third-order valence-electron chi connectivity index (χ3n) is 3.38. The van der Waals surface area contributed by atoms with Crippen molar-refractivity contribution in [3.05, 3.63) is 46.6 Å². The second-order valence-corrected chi connectivity index (χ2v) is 5.19. The van der Waals surface area contributed by atoms with Crippen LogP contribution in [0.15, 0.2) is 24.3 Å². The zero-order valence-electron chi connectivity index (χ0n) is 12.5. The van der Waals surface area contributed by atoms with E-state index in [1.165, 1.54) is 0 Å². The third-order valence-corrected chi connectivity index (χ3v) is 3.38. The minimum Gasteiger partial charge on any atom is -0.477 e. The van der Waals surface area contributed by atoms with Crippen molar-refractivity contribution < 1.29 is 14.6 Å². The molecule has 0 radical (unpaired) electrons. The Hall–Kier alpha value is -2.43. The number of aromatic carboxylic acids is 1. The Kier molecular flexibility index (Phi) is 4.21. The summed E-state index contributed by atoms with van der Waals surface area (Å²) in [7, 11) is 0. The number of carbonyl (C=O) groups is 1. The van der Waals surface area contributed by atoms with Crippen molar-refractivity contribution >= 4 is 5.97 Å². The first-order valence-electron chi connectivity index (χ1n) is 6.75. The van der Waals surface area contributed by atoms with Crippen LogP contribution in [0.2, 0.25) is 0 Å². The van der Waals surface area contributed by atoms with Crippen LogP contribution in [0.25, 0.3) is 0 Å². The fourth-order valence-corrected chi connectivity index (χ4v) is 2.06. The Morgan fingerprint density at radius 2 is 1.86 bits per heavy atom. The normalized spacial score (nSPS) is 10.7. The van der Waals surface area contributed by atoms with E-state index in [9.17, 15) is 9.90 Å². The number of carboxylic acid groups (broad SMARTS) is 1. The molecule has 0 aliphatic rings. The van der Waals surface area contributed by atoms with E-state index in [1.807, 2.05) is 32.0 Å². The molecule has 0 unspecified atom stereocenters. The quantitative estimate of drug-likeness (QED) is 0.927. The van der Waals surface area contributed by atoms with Crippen LogP contribution < -0.4 is 4.74 Å². The lowest BCUT2D eigenvalue weighted by Gasteiger charge is -2.14. The van der Waals surface area contributed by atoms with Gasteiger partial charge in [-0.25, -0.2) is 4.79 Å². The zero-order chi connectivity index (χ0) is 15.6. The van der Waals surface area contributed by atoms with Gasteiger partial charge in [-0.3, -0.25) is 0 Å². The van der Waals surface area contributed by atoms with Gasteiger partial charge < -0.3 is 9.84 Å². The highest BCUT2D eigenvalue weighted by atomic mass is 16.5. The van der Waals surface area contributed by atoms with Gasteiger partial charge in [-0.15, -0.1) is 5.10 Å². The second-order valence-electron chi connectivity index (χ2n) is 5.19. The van der Waals surface area contributed by atoms with Crippen molar-refractivity contribution in [3.63, 3.8) is 0 Å². The highest BCUT2D eigenvalue weighted by Gasteiger charge is 2.20. The summed E-state index contributed by atoms with van der Waals surface area (Å²) in [6.07, 6.45) is 0. The van der Waals surface area contributed by atoms with Gasteiger partial charge in [0.2, 0.25) is 0 Å². The summed E-state index contributed by atoms with van der Waals surface area (Å²) in [6.45, 7) is 7.52. The molecule has 0 atom stereocenters. The van der Waals surface area contributed by atoms with E-state index in [0.717, 1.165) is 5.56 Å². The van der Waals surface area contributed by atoms with Crippen LogP contribution in [0.4, 0.5) is 0 Å². The summed E-state index contributed by atoms with van der Waals surface area (Å²) < 4.78 is 5.74. The second kappa shape index (κ2) is 5.91. The summed E-state index contributed by atoms with van der Waals surface area (Å²) in [5.41, 5.74) is 2.20. The molecule has 0 fully saturated rings. The van der Waals surface area contributed by atoms with Gasteiger partial charge in [0, 0.05) is 0 Å². The van der Waals surface area contributed by atoms with Gasteiger partial charge in [0.1, 0.15) is 11.3 Å². The first-order valence-corrected chi connectivity index (χ1v) is 6.75. The van der Waals surface area contributed by atoms with Crippen molar-refractivity contribution in [2.75, 3.05) is 0 Å². The van der Waals surface area contributed by atoms with Gasteiger partial charge >= 0.3 is 5.97 Å². The van der Waals surface area contributed by atoms with E-state index in [4.69, 9.17) is 4.74 Å². The van der Waals surface area contributed by atoms with E-state index in [0.29, 0.717) is 17.0 Å². The van der Waals surface area contributed by atoms with Gasteiger partial charge in [0.25, 0.3) is 5.88 Å². The predicted octanol–water partition coefficient (Wildman–Crippen LogP) is 3.71. The molecule has 0 spiro atoms. The fourth-order valence-electron chi connectivity index (χ4n) is 2.06. The third kappa shape index (κ3) is 3.02. The molecule has 5 heteroatoms. The molecule has 5 nitrogen and oxygen atoms in total. The average molecular weight is 286 g/mol. The van der Waals surface area contributed by atoms with Gasteiger partial charge in [-0.05, 0) is 37.0 Å². The molecule has 1 aromatic carbocycles. The van der Waals surface area contributed by atoms with Gasteiger partial charge in [-0.1, -0.05) is 32.0 Å². The summed E-state index contributed by atoms with van der Waals surface area (Å²) in [6, 6.07) is 7.52. The lowest BCUT2D eigenvalue weighted by Crippen LogP contribution is -2.09. The molecule has 0 bridgehead atoms. The average Bonchev–Trinajstić information content (AvgIpc) is 2.43. The molecule has 1 N–H and O–H groups in total. The minimum absolute atomic E-state index is 0.0266. The molecule has 1 aromatic heterocycles. The lowest BCUT2D eigenvalue weighted by atomic mass is 10.0. The maximum absolute atomic E-state index is 11.5. The molecule has 0 saturated carbocycles. The number of hydrogen-bond acceptors (Lipinski definition) is 4. The maximum atomic E-state index is 11.5. The maximum Gasteiger partial charge on any atom is 0.341 e. The van der Waals surface area contributed by atoms with E-state index in [2.05, 4.69) is 10.2 Å². The van der Waals surface area contributed by atoms with E-state index < -0.39 is 5.97 Å². The summed E-state index contributed by atoms with van der Waals surface area (Å²) >= 11 is 0. The number of nitrogens with zero attached hydrogens (tertiary/aromatic N) is 2. The van der Waals surface area contributed by atoms with Gasteiger partial charge in [-0.2, -0.15) is 5.10 Å². The number of aromatic nitrogens is 2. The largest absolute Gasteiger partial charge is 0.477 e. The van der Waals surface area contributed by atoms with Crippen LogP contribution >= 0.6 is 0 Å². The SMILES string of the molecule is Cc1nnc(Oc2ccccc2C(C)C)c(C(=O)O)c1C. The van der Waals surface area contributed by atoms with Crippen molar-refractivity contribution in [1.82, 2.24) is 10.2 Å². The smallest absolute Gasteiger partial charge is 0.341 e. The highest BCUT2D eigenvalue weighted by Crippen LogP contribution is 2.31. The minimum atomic E-state index is -1.07. The van der Waals surface area contributed by atoms with Crippen molar-refractivity contribution in [3.8, 4) is 11.6 Å². The first kappa shape index (κ1) is 15.0. The van der Waals surface area contributed by atoms with Crippen molar-refractivity contribution in [2.45, 2.75) is 33.6 Å². The Labute approximate surface area is 123 Å². The molecule has 21 heavy (non-hydrogen) atoms. The fraction of sp³-hybridized carbons (Fsp3) is 0.312. The molecule has 110 valence electrons. The van der Waals surface area contributed by atoms with Crippen LogP contribution in [-0.2, 0) is 0 Å². The molecule has 0 amide bonds. The molecular weight excluding hydrogens is 268 g/mol. The lowest BCUT2D eigenvalue weighted by molar-refractivity contribution is 0.0692. The Balaban J connectivity index is 2.50. The number of para-hydroxylation sites is 1. The van der Waals surface area contributed by atoms with E-state index in [1.54, 1.807) is 19.9 Å². The number of aryl methyl sites for hydroxylation is 1. The van der Waals surface area contributed by atoms with Gasteiger partial charge in [0.05, 0.1) is 5.69 Å². The van der Waals surface area contributed by atoms with Crippen LogP contribution in [0.3, 0.4) is 0 Å². The zero-order valence-corrected chi connectivity index (χ0v) is 12.5. The van der Waals surface area contributed by atoms with Crippen molar-refractivity contribution in [2.24, 2.45) is 0 Å². The van der Waals surface area contributed by atoms with E-state index in [-0.39, 0.29) is 17.4 Å². The number of hydrogen-bond donors (Lipinski definition) is 1. The number of carboxylic acids is 1. The van der Waals surface area contributed by atoms with Crippen LogP contribution in [0.1, 0.15) is 46.9 Å². The Morgan fingerprint density at radius 1 is 1.19 bits per heavy atom. The Bertz CT molecular complexity index is 681. The van der Waals surface area contributed by atoms with Crippen LogP contribution in [-0.4, -0.2) is 21.3 Å². The number of ether oxygens (including phenoxy) is 1. The standard InChI is InChI=1S/C16H18N2O3/c1-9(2)12-7-5-6-8-13(12)21-15-14(16(19)20)10(3)11(4)17-18-15/h5-9H,1-4H3,(H,19,20). The molecule has 2 aromatic rings. The molecule has 1 heterocycles. The molecular formula is C16H18N2O3. The first-order chi connectivity index (χ1) is 9.91. The number of rotatable bonds is 4. The number of benzene rings is 1. The topological polar surface area (TPSA) is 72.3 Å². The van der Waals surface area contributed by atoms with Crippen LogP contribution in [0.5, 0.6) is 11.6 Å². The summed E-state index contributed by atoms with van der Waals surface area (Å²) in [5.74, 6) is -0.178. The summed E-state index contributed by atoms with van der Waals surface area (Å²) in [5, 5.41) is 17.2. The molecule has 0 aliphatic heterocycles. The van der Waals surface area contributed by atoms with E-state index >= 15 is 0 Å². The van der Waals surface area contributed by atoms with Crippen LogP contribution in [0, 0.1) is 13.8 Å². The monoisotopic (exact) mass is 286 g/mol. The van der Waals surface area contributed by atoms with Crippen molar-refractivity contribution in [1.29, 1.82) is 0 Å². The summed E-state index contributed by atoms with van der Waals surface area (Å²) in [4.78, 5) is 11.5. The predicted molar refractivity (Wildman–Crippen MR) is 79.1 cm³/mol. The molecule has 0 aliphatic carbocycles. The molecule has 0 saturated heterocycles. The molecule has 2 rings (SSSR count). The highest BCUT2D eigenvalue weighted by molar-refractivity contribution is 5.92.